The molecule has 0 saturated heterocycles. The molecule has 47 heavy (non-hydrogen) atoms. The first-order chi connectivity index (χ1) is 23.4. The number of rotatable bonds is 35. The van der Waals surface area contributed by atoms with Crippen LogP contribution >= 0.6 is 0 Å². The van der Waals surface area contributed by atoms with E-state index in [-0.39, 0.29) is 0 Å². The Bertz CT molecular complexity index is 898. The van der Waals surface area contributed by atoms with E-state index in [0.29, 0.717) is 112 Å². The molecule has 0 aromatic heterocycles. The topological polar surface area (TPSA) is 83.1 Å². The number of hydrogen-bond acceptors (Lipinski definition) is 9. The van der Waals surface area contributed by atoms with Crippen LogP contribution in [-0.2, 0) is 50.9 Å². The average Bonchev–Trinajstić information content (AvgIpc) is 3.10. The highest BCUT2D eigenvalue weighted by Crippen LogP contribution is 2.15. The third-order valence-corrected chi connectivity index (χ3v) is 7.20. The summed E-state index contributed by atoms with van der Waals surface area (Å²) >= 11 is 0. The van der Waals surface area contributed by atoms with Gasteiger partial charge in [-0.1, -0.05) is 87.9 Å². The van der Waals surface area contributed by atoms with Crippen LogP contribution in [0.5, 0.6) is 5.75 Å². The van der Waals surface area contributed by atoms with Crippen LogP contribution in [0.4, 0.5) is 0 Å². The van der Waals surface area contributed by atoms with E-state index in [4.69, 9.17) is 42.6 Å². The van der Waals surface area contributed by atoms with Crippen LogP contribution in [0.15, 0.2) is 54.6 Å². The first-order valence-electron chi connectivity index (χ1n) is 17.8. The molecule has 0 bridgehead atoms. The molecule has 0 spiro atoms. The Morgan fingerprint density at radius 3 is 1.23 bits per heavy atom. The molecule has 9 nitrogen and oxygen atoms in total. The van der Waals surface area contributed by atoms with E-state index in [1.807, 2.05) is 30.3 Å². The highest BCUT2D eigenvalue weighted by Gasteiger charge is 1.99. The molecule has 0 radical (unpaired) electrons. The average molecular weight is 663 g/mol. The largest absolute Gasteiger partial charge is 0.491 e. The van der Waals surface area contributed by atoms with Crippen molar-refractivity contribution >= 4 is 0 Å². The van der Waals surface area contributed by atoms with Crippen LogP contribution in [0.25, 0.3) is 0 Å². The second-order valence-electron chi connectivity index (χ2n) is 11.2. The van der Waals surface area contributed by atoms with Gasteiger partial charge in [-0.3, -0.25) is 0 Å². The van der Waals surface area contributed by atoms with Crippen molar-refractivity contribution in [2.75, 3.05) is 106 Å². The smallest absolute Gasteiger partial charge is 0.119 e. The van der Waals surface area contributed by atoms with Gasteiger partial charge in [0.2, 0.25) is 0 Å². The van der Waals surface area contributed by atoms with E-state index >= 15 is 0 Å². The second kappa shape index (κ2) is 32.5. The zero-order chi connectivity index (χ0) is 33.1. The summed E-state index contributed by atoms with van der Waals surface area (Å²) in [6.07, 6.45) is 10.5. The summed E-state index contributed by atoms with van der Waals surface area (Å²) in [4.78, 5) is 0. The summed E-state index contributed by atoms with van der Waals surface area (Å²) in [6, 6.07) is 18.6. The first kappa shape index (κ1) is 41.1. The molecular weight excluding hydrogens is 600 g/mol. The summed E-state index contributed by atoms with van der Waals surface area (Å²) in [5, 5.41) is 0. The van der Waals surface area contributed by atoms with E-state index in [1.165, 1.54) is 50.5 Å². The maximum atomic E-state index is 5.78. The molecule has 0 heterocycles. The third kappa shape index (κ3) is 26.5. The molecule has 0 unspecified atom stereocenters. The molecule has 2 aromatic carbocycles. The zero-order valence-corrected chi connectivity index (χ0v) is 29.0. The summed E-state index contributed by atoms with van der Waals surface area (Å²) in [6.45, 7) is 11.4. The normalized spacial score (nSPS) is 11.3. The van der Waals surface area contributed by atoms with E-state index in [9.17, 15) is 0 Å². The predicted molar refractivity (Wildman–Crippen MR) is 185 cm³/mol. The van der Waals surface area contributed by atoms with Crippen molar-refractivity contribution in [1.82, 2.24) is 0 Å². The minimum Gasteiger partial charge on any atom is -0.491 e. The number of hydrogen-bond donors (Lipinski definition) is 0. The van der Waals surface area contributed by atoms with Crippen LogP contribution in [-0.4, -0.2) is 106 Å². The monoisotopic (exact) mass is 662 g/mol. The van der Waals surface area contributed by atoms with Gasteiger partial charge in [-0.25, -0.2) is 0 Å². The lowest BCUT2D eigenvalue weighted by Crippen LogP contribution is -2.15. The fourth-order valence-electron chi connectivity index (χ4n) is 4.56. The van der Waals surface area contributed by atoms with Gasteiger partial charge in [-0.2, -0.15) is 0 Å². The lowest BCUT2D eigenvalue weighted by Gasteiger charge is -2.09. The Morgan fingerprint density at radius 2 is 0.766 bits per heavy atom. The fraction of sp³-hybridized carbons (Fsp3) is 0.684. The lowest BCUT2D eigenvalue weighted by molar-refractivity contribution is -0.0240. The Balaban J connectivity index is 1.20. The van der Waals surface area contributed by atoms with Crippen molar-refractivity contribution in [3.05, 3.63) is 65.7 Å². The van der Waals surface area contributed by atoms with Gasteiger partial charge in [-0.15, -0.1) is 0 Å². The molecule has 0 saturated carbocycles. The van der Waals surface area contributed by atoms with Gasteiger partial charge in [0.05, 0.1) is 106 Å². The molecule has 2 rings (SSSR count). The number of aryl methyl sites for hydroxylation is 1. The van der Waals surface area contributed by atoms with Crippen molar-refractivity contribution in [3.8, 4) is 5.75 Å². The molecule has 0 aliphatic carbocycles. The fourth-order valence-corrected chi connectivity index (χ4v) is 4.56. The van der Waals surface area contributed by atoms with Crippen molar-refractivity contribution in [3.63, 3.8) is 0 Å². The van der Waals surface area contributed by atoms with Gasteiger partial charge >= 0.3 is 0 Å². The van der Waals surface area contributed by atoms with Crippen molar-refractivity contribution in [2.45, 2.75) is 64.9 Å². The number of ether oxygens (including phenoxy) is 9. The van der Waals surface area contributed by atoms with Gasteiger partial charge in [0.1, 0.15) is 12.4 Å². The first-order valence-corrected chi connectivity index (χ1v) is 17.8. The molecule has 268 valence electrons. The maximum absolute atomic E-state index is 5.78. The summed E-state index contributed by atoms with van der Waals surface area (Å²) in [7, 11) is 0. The SMILES string of the molecule is CCCCCCCCCc1ccc(OCCOCCOCCOCCOCCOCCOCCOCCOCc2ccccc2)cc1. The van der Waals surface area contributed by atoms with Crippen LogP contribution in [0.3, 0.4) is 0 Å². The quantitative estimate of drug-likeness (QED) is 0.0750. The van der Waals surface area contributed by atoms with Crippen molar-refractivity contribution < 1.29 is 42.6 Å². The van der Waals surface area contributed by atoms with Gasteiger partial charge in [0.25, 0.3) is 0 Å². The summed E-state index contributed by atoms with van der Waals surface area (Å²) < 4.78 is 50.0. The van der Waals surface area contributed by atoms with Crippen LogP contribution in [0.2, 0.25) is 0 Å². The van der Waals surface area contributed by atoms with Crippen molar-refractivity contribution in [2.24, 2.45) is 0 Å². The highest BCUT2D eigenvalue weighted by atomic mass is 16.6. The summed E-state index contributed by atoms with van der Waals surface area (Å²) in [5.41, 5.74) is 2.55. The Morgan fingerprint density at radius 1 is 0.362 bits per heavy atom. The molecule has 0 fully saturated rings. The van der Waals surface area contributed by atoms with Gasteiger partial charge in [0, 0.05) is 0 Å². The lowest BCUT2D eigenvalue weighted by atomic mass is 10.0. The molecular formula is C38H62O9. The minimum absolute atomic E-state index is 0.525. The van der Waals surface area contributed by atoms with Crippen LogP contribution < -0.4 is 4.74 Å². The standard InChI is InChI=1S/C38H62O9/c1-2-3-4-5-6-7-9-12-36-15-17-38(18-16-36)47-34-33-45-30-29-43-26-25-41-22-21-39-19-20-40-23-24-42-27-28-44-31-32-46-35-37-13-10-8-11-14-37/h8,10-11,13-18H,2-7,9,12,19-35H2,1H3. The van der Waals surface area contributed by atoms with Crippen LogP contribution in [0.1, 0.15) is 63.0 Å². The Kier molecular flexibility index (Phi) is 28.4. The molecule has 0 atom stereocenters. The van der Waals surface area contributed by atoms with Gasteiger partial charge in [-0.05, 0) is 36.1 Å². The molecule has 0 amide bonds. The van der Waals surface area contributed by atoms with E-state index in [1.54, 1.807) is 0 Å². The van der Waals surface area contributed by atoms with Gasteiger partial charge in [0.15, 0.2) is 0 Å². The molecule has 9 heteroatoms. The van der Waals surface area contributed by atoms with E-state index in [0.717, 1.165) is 17.7 Å². The number of unbranched alkanes of at least 4 members (excludes halogenated alkanes) is 6. The maximum Gasteiger partial charge on any atom is 0.119 e. The molecule has 0 aliphatic heterocycles. The second-order valence-corrected chi connectivity index (χ2v) is 11.2. The minimum atomic E-state index is 0.525. The third-order valence-electron chi connectivity index (χ3n) is 7.20. The Hall–Kier alpha value is -2.08. The van der Waals surface area contributed by atoms with E-state index < -0.39 is 0 Å². The van der Waals surface area contributed by atoms with Gasteiger partial charge < -0.3 is 42.6 Å². The molecule has 0 aliphatic rings. The summed E-state index contributed by atoms with van der Waals surface area (Å²) in [5.74, 6) is 0.890. The predicted octanol–water partition coefficient (Wildman–Crippen LogP) is 6.69. The van der Waals surface area contributed by atoms with E-state index in [2.05, 4.69) is 31.2 Å². The molecule has 0 N–H and O–H groups in total. The van der Waals surface area contributed by atoms with Crippen molar-refractivity contribution in [1.29, 1.82) is 0 Å². The molecule has 2 aromatic rings. The zero-order valence-electron chi connectivity index (χ0n) is 29.0. The highest BCUT2D eigenvalue weighted by molar-refractivity contribution is 5.27. The number of benzene rings is 2. The van der Waals surface area contributed by atoms with Crippen LogP contribution in [0, 0.1) is 0 Å². The Labute approximate surface area is 284 Å².